The third kappa shape index (κ3) is 4.17. The Morgan fingerprint density at radius 1 is 1.08 bits per heavy atom. The van der Waals surface area contributed by atoms with Crippen molar-refractivity contribution in [2.75, 3.05) is 11.9 Å². The van der Waals surface area contributed by atoms with Gasteiger partial charge in [-0.25, -0.2) is 9.97 Å². The highest BCUT2D eigenvalue weighted by molar-refractivity contribution is 5.62. The van der Waals surface area contributed by atoms with E-state index < -0.39 is 0 Å². The third-order valence-corrected chi connectivity index (χ3v) is 3.78. The van der Waals surface area contributed by atoms with Crippen molar-refractivity contribution in [2.45, 2.75) is 40.0 Å². The number of hydrogen-bond acceptors (Lipinski definition) is 7. The molecule has 7 heteroatoms. The Bertz CT molecular complexity index is 858. The number of hydrogen-bond donors (Lipinski definition) is 1. The van der Waals surface area contributed by atoms with E-state index in [0.29, 0.717) is 24.8 Å². The molecule has 3 aromatic heterocycles. The molecule has 1 N–H and O–H groups in total. The highest BCUT2D eigenvalue weighted by Gasteiger charge is 2.10. The van der Waals surface area contributed by atoms with Crippen LogP contribution in [-0.4, -0.2) is 31.6 Å². The van der Waals surface area contributed by atoms with Gasteiger partial charge < -0.3 is 9.84 Å². The van der Waals surface area contributed by atoms with Gasteiger partial charge in [-0.3, -0.25) is 4.98 Å². The maximum absolute atomic E-state index is 5.23. The molecule has 0 spiro atoms. The van der Waals surface area contributed by atoms with E-state index in [-0.39, 0.29) is 5.92 Å². The summed E-state index contributed by atoms with van der Waals surface area (Å²) in [7, 11) is 0. The molecule has 3 rings (SSSR count). The molecule has 130 valence electrons. The molecule has 3 heterocycles. The zero-order valence-electron chi connectivity index (χ0n) is 14.9. The fourth-order valence-corrected chi connectivity index (χ4v) is 2.44. The van der Waals surface area contributed by atoms with Crippen molar-refractivity contribution < 1.29 is 4.52 Å². The average molecular weight is 338 g/mol. The number of pyridine rings is 1. The van der Waals surface area contributed by atoms with Crippen LogP contribution in [0.1, 0.15) is 42.9 Å². The summed E-state index contributed by atoms with van der Waals surface area (Å²) in [6.07, 6.45) is 2.37. The van der Waals surface area contributed by atoms with Crippen LogP contribution in [0.15, 0.2) is 28.9 Å². The van der Waals surface area contributed by atoms with Crippen LogP contribution in [0.2, 0.25) is 0 Å². The minimum Gasteiger partial charge on any atom is -0.354 e. The molecular weight excluding hydrogens is 316 g/mol. The summed E-state index contributed by atoms with van der Waals surface area (Å²) in [6, 6.07) is 5.91. The summed E-state index contributed by atoms with van der Waals surface area (Å²) in [5.41, 5.74) is 3.81. The van der Waals surface area contributed by atoms with Crippen LogP contribution in [0.25, 0.3) is 11.3 Å². The van der Waals surface area contributed by atoms with Crippen LogP contribution in [0.5, 0.6) is 0 Å². The molecule has 0 saturated heterocycles. The Morgan fingerprint density at radius 3 is 2.64 bits per heavy atom. The van der Waals surface area contributed by atoms with Gasteiger partial charge in [-0.1, -0.05) is 19.0 Å². The van der Waals surface area contributed by atoms with Gasteiger partial charge >= 0.3 is 0 Å². The van der Waals surface area contributed by atoms with E-state index in [1.54, 1.807) is 6.20 Å². The summed E-state index contributed by atoms with van der Waals surface area (Å²) < 4.78 is 5.23. The lowest BCUT2D eigenvalue weighted by Gasteiger charge is -2.08. The molecule has 0 saturated carbocycles. The first-order chi connectivity index (χ1) is 12.0. The van der Waals surface area contributed by atoms with Crippen molar-refractivity contribution in [3.8, 4) is 11.3 Å². The Hall–Kier alpha value is -2.83. The number of nitrogens with one attached hydrogen (secondary N) is 1. The van der Waals surface area contributed by atoms with Crippen molar-refractivity contribution >= 4 is 5.95 Å². The van der Waals surface area contributed by atoms with Gasteiger partial charge in [0.05, 0.1) is 5.69 Å². The first-order valence-electron chi connectivity index (χ1n) is 8.37. The van der Waals surface area contributed by atoms with Crippen LogP contribution < -0.4 is 5.32 Å². The Balaban J connectivity index is 1.65. The van der Waals surface area contributed by atoms with Crippen molar-refractivity contribution in [1.82, 2.24) is 25.1 Å². The van der Waals surface area contributed by atoms with Gasteiger partial charge in [0.15, 0.2) is 5.82 Å². The second kappa shape index (κ2) is 7.38. The van der Waals surface area contributed by atoms with Crippen LogP contribution in [0, 0.1) is 13.8 Å². The van der Waals surface area contributed by atoms with Crippen molar-refractivity contribution in [1.29, 1.82) is 0 Å². The van der Waals surface area contributed by atoms with E-state index in [2.05, 4.69) is 30.4 Å². The largest absolute Gasteiger partial charge is 0.354 e. The number of nitrogens with zero attached hydrogens (tertiary/aromatic N) is 5. The van der Waals surface area contributed by atoms with E-state index in [0.717, 1.165) is 28.5 Å². The molecule has 0 fully saturated rings. The van der Waals surface area contributed by atoms with Gasteiger partial charge in [0.2, 0.25) is 11.8 Å². The van der Waals surface area contributed by atoms with Gasteiger partial charge in [-0.2, -0.15) is 4.98 Å². The van der Waals surface area contributed by atoms with Crippen LogP contribution in [0.4, 0.5) is 5.95 Å². The molecule has 7 nitrogen and oxygen atoms in total. The Morgan fingerprint density at radius 2 is 1.92 bits per heavy atom. The van der Waals surface area contributed by atoms with Crippen molar-refractivity contribution in [3.05, 3.63) is 47.5 Å². The number of aryl methyl sites for hydroxylation is 2. The lowest BCUT2D eigenvalue weighted by molar-refractivity contribution is 0.373. The van der Waals surface area contributed by atoms with Gasteiger partial charge in [-0.05, 0) is 32.0 Å². The molecular formula is C18H22N6O. The minimum atomic E-state index is 0.261. The van der Waals surface area contributed by atoms with Crippen molar-refractivity contribution in [3.63, 3.8) is 0 Å². The molecule has 0 bridgehead atoms. The topological polar surface area (TPSA) is 89.6 Å². The molecule has 0 amide bonds. The maximum atomic E-state index is 5.23. The zero-order valence-corrected chi connectivity index (χ0v) is 14.9. The first-order valence-corrected chi connectivity index (χ1v) is 8.37. The highest BCUT2D eigenvalue weighted by atomic mass is 16.5. The first kappa shape index (κ1) is 17.0. The molecule has 0 aliphatic carbocycles. The van der Waals surface area contributed by atoms with Gasteiger partial charge in [0.1, 0.15) is 0 Å². The summed E-state index contributed by atoms with van der Waals surface area (Å²) in [5, 5.41) is 7.16. The molecule has 0 aliphatic rings. The highest BCUT2D eigenvalue weighted by Crippen LogP contribution is 2.20. The molecule has 0 aliphatic heterocycles. The molecule has 0 atom stereocenters. The fourth-order valence-electron chi connectivity index (χ4n) is 2.44. The number of anilines is 1. The Labute approximate surface area is 146 Å². The average Bonchev–Trinajstić information content (AvgIpc) is 3.04. The second-order valence-electron chi connectivity index (χ2n) is 6.23. The van der Waals surface area contributed by atoms with Crippen LogP contribution >= 0.6 is 0 Å². The molecule has 25 heavy (non-hydrogen) atoms. The fraction of sp³-hybridized carbons (Fsp3) is 0.389. The quantitative estimate of drug-likeness (QED) is 0.737. The van der Waals surface area contributed by atoms with E-state index in [9.17, 15) is 0 Å². The lowest BCUT2D eigenvalue weighted by Crippen LogP contribution is -2.08. The number of rotatable bonds is 6. The minimum absolute atomic E-state index is 0.261. The summed E-state index contributed by atoms with van der Waals surface area (Å²) >= 11 is 0. The predicted molar refractivity (Wildman–Crippen MR) is 95.3 cm³/mol. The predicted octanol–water partition coefficient (Wildman–Crippen LogP) is 3.32. The molecule has 0 radical (unpaired) electrons. The summed E-state index contributed by atoms with van der Waals surface area (Å²) in [4.78, 5) is 17.7. The zero-order chi connectivity index (χ0) is 17.8. The van der Waals surface area contributed by atoms with E-state index in [1.807, 2.05) is 45.9 Å². The van der Waals surface area contributed by atoms with E-state index >= 15 is 0 Å². The second-order valence-corrected chi connectivity index (χ2v) is 6.23. The van der Waals surface area contributed by atoms with Crippen molar-refractivity contribution in [2.24, 2.45) is 0 Å². The number of aromatic nitrogens is 5. The van der Waals surface area contributed by atoms with Gasteiger partial charge in [0.25, 0.3) is 0 Å². The van der Waals surface area contributed by atoms with E-state index in [4.69, 9.17) is 4.52 Å². The maximum Gasteiger partial charge on any atom is 0.228 e. The summed E-state index contributed by atoms with van der Waals surface area (Å²) in [6.45, 7) is 8.65. The molecule has 0 aromatic carbocycles. The normalized spacial score (nSPS) is 11.1. The van der Waals surface area contributed by atoms with E-state index in [1.165, 1.54) is 0 Å². The lowest BCUT2D eigenvalue weighted by atomic mass is 10.1. The van der Waals surface area contributed by atoms with Crippen LogP contribution in [-0.2, 0) is 6.42 Å². The molecule has 3 aromatic rings. The van der Waals surface area contributed by atoms with Crippen LogP contribution in [0.3, 0.4) is 0 Å². The standard InChI is InChI=1S/C18H22N6O/c1-11(2)17-23-16(25-24-17)8-10-20-18-19-9-7-15(22-18)14-6-5-12(3)21-13(14)4/h5-7,9,11H,8,10H2,1-4H3,(H,19,20,22). The smallest absolute Gasteiger partial charge is 0.228 e. The Kier molecular flexibility index (Phi) is 5.02. The van der Waals surface area contributed by atoms with Gasteiger partial charge in [0, 0.05) is 42.0 Å². The monoisotopic (exact) mass is 338 g/mol. The van der Waals surface area contributed by atoms with Gasteiger partial charge in [-0.15, -0.1) is 0 Å². The SMILES string of the molecule is Cc1ccc(-c2ccnc(NCCc3nc(C(C)C)no3)n2)c(C)n1. The summed E-state index contributed by atoms with van der Waals surface area (Å²) in [5.74, 6) is 2.18. The third-order valence-electron chi connectivity index (χ3n) is 3.78. The molecule has 0 unspecified atom stereocenters.